The molecule has 0 aromatic carbocycles. The van der Waals surface area contributed by atoms with Crippen LogP contribution in [0.5, 0.6) is 0 Å². The SMILES string of the molecule is CC(C)n1cc(C(=O)N2CCC[C@@H]2c2nccs2)cn1. The van der Waals surface area contributed by atoms with Crippen molar-refractivity contribution in [2.24, 2.45) is 0 Å². The molecule has 1 saturated heterocycles. The van der Waals surface area contributed by atoms with Crippen LogP contribution in [0.4, 0.5) is 0 Å². The van der Waals surface area contributed by atoms with Crippen molar-refractivity contribution in [2.75, 3.05) is 6.54 Å². The average molecular weight is 290 g/mol. The fourth-order valence-electron chi connectivity index (χ4n) is 2.56. The molecule has 2 aromatic heterocycles. The highest BCUT2D eigenvalue weighted by molar-refractivity contribution is 7.09. The fraction of sp³-hybridized carbons (Fsp3) is 0.500. The number of thiazole rings is 1. The zero-order chi connectivity index (χ0) is 14.1. The van der Waals surface area contributed by atoms with E-state index in [4.69, 9.17) is 0 Å². The maximum absolute atomic E-state index is 12.6. The number of hydrogen-bond donors (Lipinski definition) is 0. The molecule has 3 rings (SSSR count). The molecule has 1 atom stereocenters. The third-order valence-corrected chi connectivity index (χ3v) is 4.50. The predicted octanol–water partition coefficient (Wildman–Crippen LogP) is 2.90. The summed E-state index contributed by atoms with van der Waals surface area (Å²) in [7, 11) is 0. The van der Waals surface area contributed by atoms with Gasteiger partial charge in [-0.2, -0.15) is 5.10 Å². The van der Waals surface area contributed by atoms with Crippen molar-refractivity contribution in [1.29, 1.82) is 0 Å². The van der Waals surface area contributed by atoms with Gasteiger partial charge in [-0.1, -0.05) is 0 Å². The molecule has 20 heavy (non-hydrogen) atoms. The van der Waals surface area contributed by atoms with Gasteiger partial charge in [0.25, 0.3) is 5.91 Å². The predicted molar refractivity (Wildman–Crippen MR) is 77.7 cm³/mol. The summed E-state index contributed by atoms with van der Waals surface area (Å²) in [6, 6.07) is 0.398. The molecular weight excluding hydrogens is 272 g/mol. The van der Waals surface area contributed by atoms with Gasteiger partial charge >= 0.3 is 0 Å². The lowest BCUT2D eigenvalue weighted by Gasteiger charge is -2.22. The lowest BCUT2D eigenvalue weighted by molar-refractivity contribution is 0.0735. The van der Waals surface area contributed by atoms with Gasteiger partial charge in [0.1, 0.15) is 5.01 Å². The summed E-state index contributed by atoms with van der Waals surface area (Å²) in [6.07, 6.45) is 7.34. The first-order valence-corrected chi connectivity index (χ1v) is 7.79. The van der Waals surface area contributed by atoms with Crippen LogP contribution in [-0.2, 0) is 0 Å². The van der Waals surface area contributed by atoms with E-state index in [-0.39, 0.29) is 18.0 Å². The summed E-state index contributed by atoms with van der Waals surface area (Å²) in [5.74, 6) is 0.0644. The van der Waals surface area contributed by atoms with Crippen LogP contribution in [0, 0.1) is 0 Å². The fourth-order valence-corrected chi connectivity index (χ4v) is 3.35. The van der Waals surface area contributed by atoms with E-state index in [1.807, 2.05) is 21.2 Å². The summed E-state index contributed by atoms with van der Waals surface area (Å²) in [6.45, 7) is 4.90. The Morgan fingerprint density at radius 3 is 3.00 bits per heavy atom. The van der Waals surface area contributed by atoms with Crippen molar-refractivity contribution in [1.82, 2.24) is 19.7 Å². The van der Waals surface area contributed by atoms with Gasteiger partial charge in [-0.3, -0.25) is 9.48 Å². The van der Waals surface area contributed by atoms with Crippen LogP contribution in [0.1, 0.15) is 54.1 Å². The maximum atomic E-state index is 12.6. The number of aromatic nitrogens is 3. The number of likely N-dealkylation sites (tertiary alicyclic amines) is 1. The van der Waals surface area contributed by atoms with Gasteiger partial charge in [-0.15, -0.1) is 11.3 Å². The normalized spacial score (nSPS) is 18.9. The highest BCUT2D eigenvalue weighted by Crippen LogP contribution is 2.34. The van der Waals surface area contributed by atoms with E-state index in [0.717, 1.165) is 24.4 Å². The molecular formula is C14H18N4OS. The Morgan fingerprint density at radius 2 is 2.35 bits per heavy atom. The molecule has 3 heterocycles. The first kappa shape index (κ1) is 13.3. The molecule has 0 saturated carbocycles. The number of rotatable bonds is 3. The summed E-state index contributed by atoms with van der Waals surface area (Å²) in [5.41, 5.74) is 0.669. The molecule has 5 nitrogen and oxygen atoms in total. The van der Waals surface area contributed by atoms with Gasteiger partial charge in [-0.25, -0.2) is 4.98 Å². The zero-order valence-corrected chi connectivity index (χ0v) is 12.5. The second-order valence-electron chi connectivity index (χ2n) is 5.33. The highest BCUT2D eigenvalue weighted by atomic mass is 32.1. The number of carbonyl (C=O) groups is 1. The first-order chi connectivity index (χ1) is 9.66. The van der Waals surface area contributed by atoms with Gasteiger partial charge in [-0.05, 0) is 26.7 Å². The third kappa shape index (κ3) is 2.35. The minimum atomic E-state index is 0.0644. The zero-order valence-electron chi connectivity index (χ0n) is 11.7. The summed E-state index contributed by atoms with van der Waals surface area (Å²) >= 11 is 1.62. The number of amides is 1. The molecule has 0 aliphatic carbocycles. The van der Waals surface area contributed by atoms with Gasteiger partial charge in [0, 0.05) is 30.4 Å². The standard InChI is InChI=1S/C14H18N4OS/c1-10(2)18-9-11(8-16-18)14(19)17-6-3-4-12(17)13-15-5-7-20-13/h5,7-10,12H,3-4,6H2,1-2H3/t12-/m1/s1. The smallest absolute Gasteiger partial charge is 0.257 e. The van der Waals surface area contributed by atoms with Crippen molar-refractivity contribution < 1.29 is 4.79 Å². The molecule has 1 aliphatic heterocycles. The molecule has 0 unspecified atom stereocenters. The summed E-state index contributed by atoms with van der Waals surface area (Å²) < 4.78 is 1.82. The second-order valence-corrected chi connectivity index (χ2v) is 6.26. The van der Waals surface area contributed by atoms with E-state index >= 15 is 0 Å². The Balaban J connectivity index is 1.82. The van der Waals surface area contributed by atoms with Gasteiger partial charge in [0.2, 0.25) is 0 Å². The maximum Gasteiger partial charge on any atom is 0.257 e. The van der Waals surface area contributed by atoms with Crippen molar-refractivity contribution in [2.45, 2.75) is 38.8 Å². The lowest BCUT2D eigenvalue weighted by atomic mass is 10.2. The molecule has 0 radical (unpaired) electrons. The molecule has 0 N–H and O–H groups in total. The van der Waals surface area contributed by atoms with Crippen molar-refractivity contribution in [3.8, 4) is 0 Å². The molecule has 1 fully saturated rings. The third-order valence-electron chi connectivity index (χ3n) is 3.63. The Bertz CT molecular complexity index is 590. The van der Waals surface area contributed by atoms with Crippen LogP contribution in [0.3, 0.4) is 0 Å². The lowest BCUT2D eigenvalue weighted by Crippen LogP contribution is -2.30. The Morgan fingerprint density at radius 1 is 1.50 bits per heavy atom. The van der Waals surface area contributed by atoms with E-state index in [1.54, 1.807) is 23.7 Å². The Hall–Kier alpha value is -1.69. The van der Waals surface area contributed by atoms with Crippen molar-refractivity contribution >= 4 is 17.2 Å². The van der Waals surface area contributed by atoms with E-state index in [2.05, 4.69) is 23.9 Å². The Kier molecular flexibility index (Phi) is 3.56. The molecule has 1 amide bonds. The van der Waals surface area contributed by atoms with Crippen LogP contribution in [-0.4, -0.2) is 32.1 Å². The molecule has 0 bridgehead atoms. The van der Waals surface area contributed by atoms with Crippen LogP contribution in [0.2, 0.25) is 0 Å². The number of nitrogens with zero attached hydrogens (tertiary/aromatic N) is 4. The number of hydrogen-bond acceptors (Lipinski definition) is 4. The molecule has 1 aliphatic rings. The first-order valence-electron chi connectivity index (χ1n) is 6.91. The van der Waals surface area contributed by atoms with E-state index in [9.17, 15) is 4.79 Å². The summed E-state index contributed by atoms with van der Waals surface area (Å²) in [4.78, 5) is 18.9. The topological polar surface area (TPSA) is 51.0 Å². The average Bonchev–Trinajstić information content (AvgIpc) is 3.17. The van der Waals surface area contributed by atoms with Gasteiger partial charge in [0.15, 0.2) is 0 Å². The molecule has 6 heteroatoms. The minimum Gasteiger partial charge on any atom is -0.329 e. The van der Waals surface area contributed by atoms with E-state index in [0.29, 0.717) is 5.56 Å². The molecule has 106 valence electrons. The van der Waals surface area contributed by atoms with Crippen molar-refractivity contribution in [3.05, 3.63) is 34.5 Å². The largest absolute Gasteiger partial charge is 0.329 e. The second kappa shape index (κ2) is 5.36. The van der Waals surface area contributed by atoms with E-state index in [1.165, 1.54) is 0 Å². The van der Waals surface area contributed by atoms with Crippen LogP contribution in [0.15, 0.2) is 24.0 Å². The monoisotopic (exact) mass is 290 g/mol. The minimum absolute atomic E-state index is 0.0644. The van der Waals surface area contributed by atoms with Gasteiger partial charge < -0.3 is 4.90 Å². The van der Waals surface area contributed by atoms with Gasteiger partial charge in [0.05, 0.1) is 17.8 Å². The Labute approximate surface area is 122 Å². The molecule has 0 spiro atoms. The molecule has 2 aromatic rings. The summed E-state index contributed by atoms with van der Waals surface area (Å²) in [5, 5.41) is 7.25. The van der Waals surface area contributed by atoms with Crippen LogP contribution in [0.25, 0.3) is 0 Å². The highest BCUT2D eigenvalue weighted by Gasteiger charge is 2.32. The van der Waals surface area contributed by atoms with Crippen LogP contribution < -0.4 is 0 Å². The number of carbonyl (C=O) groups excluding carboxylic acids is 1. The van der Waals surface area contributed by atoms with Crippen molar-refractivity contribution in [3.63, 3.8) is 0 Å². The van der Waals surface area contributed by atoms with Crippen LogP contribution >= 0.6 is 11.3 Å². The van der Waals surface area contributed by atoms with E-state index < -0.39 is 0 Å². The quantitative estimate of drug-likeness (QED) is 0.873.